The molecule has 8 nitrogen and oxygen atoms in total. The zero-order chi connectivity index (χ0) is 23.2. The van der Waals surface area contributed by atoms with Crippen LogP contribution in [0.3, 0.4) is 0 Å². The summed E-state index contributed by atoms with van der Waals surface area (Å²) in [6.45, 7) is 6.17. The van der Waals surface area contributed by atoms with Crippen molar-refractivity contribution in [2.45, 2.75) is 6.92 Å². The van der Waals surface area contributed by atoms with Crippen LogP contribution in [0.25, 0.3) is 5.57 Å². The van der Waals surface area contributed by atoms with Crippen LogP contribution in [0.2, 0.25) is 0 Å². The first-order valence-electron chi connectivity index (χ1n) is 11.2. The van der Waals surface area contributed by atoms with E-state index in [-0.39, 0.29) is 17.5 Å². The van der Waals surface area contributed by atoms with Gasteiger partial charge < -0.3 is 19.5 Å². The minimum atomic E-state index is -0.361. The number of rotatable bonds is 9. The highest BCUT2D eigenvalue weighted by Gasteiger charge is 2.40. The fourth-order valence-electron chi connectivity index (χ4n) is 4.05. The van der Waals surface area contributed by atoms with Crippen LogP contribution in [0.5, 0.6) is 11.5 Å². The maximum atomic E-state index is 13.5. The van der Waals surface area contributed by atoms with Crippen LogP contribution in [0.4, 0.5) is 5.69 Å². The second-order valence-corrected chi connectivity index (χ2v) is 7.72. The van der Waals surface area contributed by atoms with E-state index in [9.17, 15) is 9.59 Å². The molecule has 33 heavy (non-hydrogen) atoms. The standard InChI is InChI=1S/C25H29N3O5/c1-3-33-21-11-7-5-9-19(21)26-23-22(18-8-4-6-10-20(18)31-2)24(29)28(25(23)30)13-12-27-14-16-32-17-15-27/h4-11,26H,3,12-17H2,1-2H3. The average Bonchev–Trinajstić information content (AvgIpc) is 3.08. The van der Waals surface area contributed by atoms with Crippen molar-refractivity contribution in [1.29, 1.82) is 0 Å². The van der Waals surface area contributed by atoms with Crippen molar-refractivity contribution < 1.29 is 23.8 Å². The molecule has 2 aromatic carbocycles. The molecular weight excluding hydrogens is 422 g/mol. The summed E-state index contributed by atoms with van der Waals surface area (Å²) < 4.78 is 16.6. The molecule has 2 aliphatic heterocycles. The van der Waals surface area contributed by atoms with Crippen molar-refractivity contribution in [1.82, 2.24) is 9.80 Å². The number of anilines is 1. The first-order valence-corrected chi connectivity index (χ1v) is 11.2. The summed E-state index contributed by atoms with van der Waals surface area (Å²) in [5, 5.41) is 3.20. The van der Waals surface area contributed by atoms with Gasteiger partial charge in [0, 0.05) is 31.7 Å². The predicted octanol–water partition coefficient (Wildman–Crippen LogP) is 2.62. The molecule has 174 valence electrons. The molecule has 0 aromatic heterocycles. The lowest BCUT2D eigenvalue weighted by atomic mass is 10.0. The Morgan fingerprint density at radius 1 is 0.939 bits per heavy atom. The first-order chi connectivity index (χ1) is 16.1. The van der Waals surface area contributed by atoms with Gasteiger partial charge in [0.25, 0.3) is 11.8 Å². The van der Waals surface area contributed by atoms with Crippen LogP contribution >= 0.6 is 0 Å². The van der Waals surface area contributed by atoms with Gasteiger partial charge in [0.05, 0.1) is 38.2 Å². The number of morpholine rings is 1. The third kappa shape index (κ3) is 4.86. The van der Waals surface area contributed by atoms with Gasteiger partial charge >= 0.3 is 0 Å². The minimum Gasteiger partial charge on any atom is -0.496 e. The zero-order valence-corrected chi connectivity index (χ0v) is 19.0. The van der Waals surface area contributed by atoms with Crippen LogP contribution < -0.4 is 14.8 Å². The topological polar surface area (TPSA) is 80.3 Å². The Morgan fingerprint density at radius 2 is 1.64 bits per heavy atom. The van der Waals surface area contributed by atoms with Gasteiger partial charge in [0.15, 0.2) is 0 Å². The van der Waals surface area contributed by atoms with E-state index in [1.54, 1.807) is 19.2 Å². The summed E-state index contributed by atoms with van der Waals surface area (Å²) in [5.74, 6) is 0.439. The molecule has 2 heterocycles. The van der Waals surface area contributed by atoms with Gasteiger partial charge in [-0.2, -0.15) is 0 Å². The molecule has 2 amide bonds. The zero-order valence-electron chi connectivity index (χ0n) is 19.0. The molecule has 4 rings (SSSR count). The van der Waals surface area contributed by atoms with Crippen molar-refractivity contribution in [3.63, 3.8) is 0 Å². The van der Waals surface area contributed by atoms with E-state index in [1.807, 2.05) is 43.3 Å². The average molecular weight is 452 g/mol. The van der Waals surface area contributed by atoms with E-state index >= 15 is 0 Å². The predicted molar refractivity (Wildman–Crippen MR) is 125 cm³/mol. The maximum Gasteiger partial charge on any atom is 0.278 e. The molecule has 0 unspecified atom stereocenters. The monoisotopic (exact) mass is 451 g/mol. The van der Waals surface area contributed by atoms with E-state index in [0.717, 1.165) is 13.1 Å². The number of hydrogen-bond donors (Lipinski definition) is 1. The van der Waals surface area contributed by atoms with Crippen molar-refractivity contribution in [2.75, 3.05) is 58.4 Å². The lowest BCUT2D eigenvalue weighted by Crippen LogP contribution is -2.43. The maximum absolute atomic E-state index is 13.5. The van der Waals surface area contributed by atoms with E-state index in [1.165, 1.54) is 4.90 Å². The smallest absolute Gasteiger partial charge is 0.278 e. The van der Waals surface area contributed by atoms with E-state index in [2.05, 4.69) is 10.2 Å². The van der Waals surface area contributed by atoms with Crippen molar-refractivity contribution >= 4 is 23.1 Å². The molecular formula is C25H29N3O5. The quantitative estimate of drug-likeness (QED) is 0.587. The van der Waals surface area contributed by atoms with E-state index in [0.29, 0.717) is 61.2 Å². The van der Waals surface area contributed by atoms with E-state index in [4.69, 9.17) is 14.2 Å². The molecule has 0 radical (unpaired) electrons. The highest BCUT2D eigenvalue weighted by molar-refractivity contribution is 6.37. The van der Waals surface area contributed by atoms with Gasteiger partial charge in [-0.3, -0.25) is 19.4 Å². The second kappa shape index (κ2) is 10.5. The lowest BCUT2D eigenvalue weighted by Gasteiger charge is -2.28. The number of carbonyl (C=O) groups excluding carboxylic acids is 2. The number of nitrogens with one attached hydrogen (secondary N) is 1. The summed E-state index contributed by atoms with van der Waals surface area (Å²) in [7, 11) is 1.55. The Balaban J connectivity index is 1.68. The molecule has 8 heteroatoms. The largest absolute Gasteiger partial charge is 0.496 e. The van der Waals surface area contributed by atoms with Crippen LogP contribution in [0.15, 0.2) is 54.2 Å². The van der Waals surface area contributed by atoms with Crippen LogP contribution in [0, 0.1) is 0 Å². The molecule has 2 aliphatic rings. The van der Waals surface area contributed by atoms with Crippen molar-refractivity contribution in [3.8, 4) is 11.5 Å². The van der Waals surface area contributed by atoms with Crippen LogP contribution in [0.1, 0.15) is 12.5 Å². The number of benzene rings is 2. The molecule has 0 aliphatic carbocycles. The highest BCUT2D eigenvalue weighted by atomic mass is 16.5. The number of ether oxygens (including phenoxy) is 3. The number of nitrogens with zero attached hydrogens (tertiary/aromatic N) is 2. The number of methoxy groups -OCH3 is 1. The highest BCUT2D eigenvalue weighted by Crippen LogP contribution is 2.36. The third-order valence-corrected chi connectivity index (χ3v) is 5.73. The minimum absolute atomic E-state index is 0.221. The third-order valence-electron chi connectivity index (χ3n) is 5.73. The number of hydrogen-bond acceptors (Lipinski definition) is 7. The number of amides is 2. The Kier molecular flexibility index (Phi) is 7.26. The molecule has 2 aromatic rings. The SMILES string of the molecule is CCOc1ccccc1NC1=C(c2ccccc2OC)C(=O)N(CCN2CCOCC2)C1=O. The Bertz CT molecular complexity index is 1050. The van der Waals surface area contributed by atoms with Gasteiger partial charge in [0.2, 0.25) is 0 Å². The Hall–Kier alpha value is -3.36. The van der Waals surface area contributed by atoms with Crippen LogP contribution in [-0.2, 0) is 14.3 Å². The summed E-state index contributed by atoms with van der Waals surface area (Å²) in [6.07, 6.45) is 0. The van der Waals surface area contributed by atoms with Gasteiger partial charge in [-0.25, -0.2) is 0 Å². The number of imide groups is 1. The molecule has 0 saturated carbocycles. The molecule has 0 atom stereocenters. The van der Waals surface area contributed by atoms with Gasteiger partial charge in [0.1, 0.15) is 17.2 Å². The molecule has 0 bridgehead atoms. The summed E-state index contributed by atoms with van der Waals surface area (Å²) in [6, 6.07) is 14.6. The van der Waals surface area contributed by atoms with Gasteiger partial charge in [-0.15, -0.1) is 0 Å². The Labute approximate surface area is 193 Å². The normalized spacial score (nSPS) is 17.0. The lowest BCUT2D eigenvalue weighted by molar-refractivity contribution is -0.137. The van der Waals surface area contributed by atoms with E-state index < -0.39 is 0 Å². The molecule has 1 saturated heterocycles. The number of para-hydroxylation sites is 3. The number of carbonyl (C=O) groups is 2. The fourth-order valence-corrected chi connectivity index (χ4v) is 4.05. The molecule has 0 spiro atoms. The molecule has 1 N–H and O–H groups in total. The second-order valence-electron chi connectivity index (χ2n) is 7.72. The summed E-state index contributed by atoms with van der Waals surface area (Å²) in [4.78, 5) is 30.6. The summed E-state index contributed by atoms with van der Waals surface area (Å²) >= 11 is 0. The van der Waals surface area contributed by atoms with Gasteiger partial charge in [-0.05, 0) is 25.1 Å². The van der Waals surface area contributed by atoms with Gasteiger partial charge in [-0.1, -0.05) is 30.3 Å². The van der Waals surface area contributed by atoms with Crippen molar-refractivity contribution in [2.24, 2.45) is 0 Å². The fraction of sp³-hybridized carbons (Fsp3) is 0.360. The summed E-state index contributed by atoms with van der Waals surface area (Å²) in [5.41, 5.74) is 1.71. The first kappa shape index (κ1) is 22.8. The molecule has 1 fully saturated rings. The van der Waals surface area contributed by atoms with Crippen molar-refractivity contribution in [3.05, 3.63) is 59.8 Å². The van der Waals surface area contributed by atoms with Crippen LogP contribution in [-0.4, -0.2) is 74.7 Å². The Morgan fingerprint density at radius 3 is 2.36 bits per heavy atom.